The maximum Gasteiger partial charge on any atom is 0.0161 e. The third-order valence-electron chi connectivity index (χ3n) is 4.01. The Labute approximate surface area is 81.5 Å². The highest BCUT2D eigenvalue weighted by Crippen LogP contribution is 2.37. The second-order valence-electron chi connectivity index (χ2n) is 4.80. The molecule has 2 rings (SSSR count). The van der Waals surface area contributed by atoms with Crippen molar-refractivity contribution in [2.45, 2.75) is 38.1 Å². The zero-order valence-electron chi connectivity index (χ0n) is 8.71. The maximum atomic E-state index is 5.85. The van der Waals surface area contributed by atoms with Gasteiger partial charge in [-0.3, -0.25) is 0 Å². The summed E-state index contributed by atoms with van der Waals surface area (Å²) in [6, 6.07) is 0.812. The smallest absolute Gasteiger partial charge is 0.0161 e. The molecule has 0 spiro atoms. The van der Waals surface area contributed by atoms with Crippen LogP contribution >= 0.6 is 0 Å². The molecule has 1 saturated carbocycles. The van der Waals surface area contributed by atoms with E-state index in [0.29, 0.717) is 0 Å². The van der Waals surface area contributed by atoms with E-state index in [-0.39, 0.29) is 0 Å². The van der Waals surface area contributed by atoms with E-state index < -0.39 is 0 Å². The Morgan fingerprint density at radius 3 is 2.77 bits per heavy atom. The molecular formula is C11H22N2. The van der Waals surface area contributed by atoms with Gasteiger partial charge in [0.15, 0.2) is 0 Å². The van der Waals surface area contributed by atoms with Gasteiger partial charge in [0, 0.05) is 6.04 Å². The van der Waals surface area contributed by atoms with Crippen molar-refractivity contribution in [3.05, 3.63) is 0 Å². The molecular weight excluding hydrogens is 160 g/mol. The predicted molar refractivity (Wildman–Crippen MR) is 55.5 cm³/mol. The number of piperidine rings is 1. The molecule has 0 radical (unpaired) electrons. The first-order valence-electron chi connectivity index (χ1n) is 5.73. The van der Waals surface area contributed by atoms with E-state index >= 15 is 0 Å². The van der Waals surface area contributed by atoms with Crippen LogP contribution in [0.4, 0.5) is 0 Å². The standard InChI is InChI=1S/C11H22N2/c1-13-7-3-6-9-4-2-5-10(8-12)11(9)13/h9-11H,2-8,12H2,1H3/t9-,10-,11-/m1/s1. The topological polar surface area (TPSA) is 29.3 Å². The van der Waals surface area contributed by atoms with Crippen molar-refractivity contribution < 1.29 is 0 Å². The Balaban J connectivity index is 2.07. The van der Waals surface area contributed by atoms with Crippen LogP contribution < -0.4 is 5.73 Å². The van der Waals surface area contributed by atoms with Gasteiger partial charge in [-0.05, 0) is 57.7 Å². The van der Waals surface area contributed by atoms with E-state index in [1.165, 1.54) is 38.6 Å². The van der Waals surface area contributed by atoms with Crippen molar-refractivity contribution >= 4 is 0 Å². The lowest BCUT2D eigenvalue weighted by Gasteiger charge is -2.46. The Hall–Kier alpha value is -0.0800. The van der Waals surface area contributed by atoms with E-state index in [1.807, 2.05) is 0 Å². The van der Waals surface area contributed by atoms with Gasteiger partial charge in [0.25, 0.3) is 0 Å². The Morgan fingerprint density at radius 2 is 2.00 bits per heavy atom. The number of hydrogen-bond donors (Lipinski definition) is 1. The van der Waals surface area contributed by atoms with E-state index in [0.717, 1.165) is 24.4 Å². The first kappa shape index (κ1) is 9.47. The lowest BCUT2D eigenvalue weighted by Crippen LogP contribution is -2.51. The molecule has 1 aliphatic heterocycles. The molecule has 2 heteroatoms. The van der Waals surface area contributed by atoms with E-state index in [4.69, 9.17) is 5.73 Å². The van der Waals surface area contributed by atoms with Crippen LogP contribution in [0.1, 0.15) is 32.1 Å². The minimum Gasteiger partial charge on any atom is -0.330 e. The highest BCUT2D eigenvalue weighted by Gasteiger charge is 2.36. The fourth-order valence-corrected chi connectivity index (χ4v) is 3.41. The zero-order chi connectivity index (χ0) is 9.26. The second kappa shape index (κ2) is 3.97. The molecule has 0 unspecified atom stereocenters. The van der Waals surface area contributed by atoms with Crippen molar-refractivity contribution in [3.8, 4) is 0 Å². The predicted octanol–water partition coefficient (Wildman–Crippen LogP) is 1.46. The molecule has 1 saturated heterocycles. The van der Waals surface area contributed by atoms with E-state index in [1.54, 1.807) is 0 Å². The molecule has 0 amide bonds. The third-order valence-corrected chi connectivity index (χ3v) is 4.01. The molecule has 0 aromatic rings. The zero-order valence-corrected chi connectivity index (χ0v) is 8.71. The lowest BCUT2D eigenvalue weighted by molar-refractivity contribution is 0.0410. The number of nitrogens with zero attached hydrogens (tertiary/aromatic N) is 1. The first-order valence-corrected chi connectivity index (χ1v) is 5.73. The number of hydrogen-bond acceptors (Lipinski definition) is 2. The summed E-state index contributed by atoms with van der Waals surface area (Å²) in [5.74, 6) is 1.74. The van der Waals surface area contributed by atoms with Crippen molar-refractivity contribution in [1.29, 1.82) is 0 Å². The Morgan fingerprint density at radius 1 is 1.23 bits per heavy atom. The van der Waals surface area contributed by atoms with Crippen LogP contribution in [0.5, 0.6) is 0 Å². The van der Waals surface area contributed by atoms with E-state index in [2.05, 4.69) is 11.9 Å². The van der Waals surface area contributed by atoms with Crippen molar-refractivity contribution in [2.24, 2.45) is 17.6 Å². The third kappa shape index (κ3) is 1.75. The monoisotopic (exact) mass is 182 g/mol. The fourth-order valence-electron chi connectivity index (χ4n) is 3.41. The summed E-state index contributed by atoms with van der Waals surface area (Å²) in [6.07, 6.45) is 7.07. The minimum absolute atomic E-state index is 0.782. The molecule has 13 heavy (non-hydrogen) atoms. The summed E-state index contributed by atoms with van der Waals surface area (Å²) in [6.45, 7) is 2.18. The van der Waals surface area contributed by atoms with Crippen LogP contribution in [0.15, 0.2) is 0 Å². The molecule has 1 heterocycles. The first-order chi connectivity index (χ1) is 6.33. The van der Waals surface area contributed by atoms with Gasteiger partial charge in [0.05, 0.1) is 0 Å². The highest BCUT2D eigenvalue weighted by molar-refractivity contribution is 4.91. The fraction of sp³-hybridized carbons (Fsp3) is 1.00. The minimum atomic E-state index is 0.782. The largest absolute Gasteiger partial charge is 0.330 e. The molecule has 2 fully saturated rings. The van der Waals surface area contributed by atoms with Crippen molar-refractivity contribution in [3.63, 3.8) is 0 Å². The molecule has 0 aromatic heterocycles. The van der Waals surface area contributed by atoms with Crippen LogP contribution in [0.2, 0.25) is 0 Å². The van der Waals surface area contributed by atoms with Crippen LogP contribution in [-0.2, 0) is 0 Å². The SMILES string of the molecule is CN1CCC[C@H]2CCC[C@H](CN)[C@@H]21. The molecule has 1 aliphatic carbocycles. The number of nitrogens with two attached hydrogens (primary N) is 1. The maximum absolute atomic E-state index is 5.85. The average Bonchev–Trinajstić information content (AvgIpc) is 2.17. The Kier molecular flexibility index (Phi) is 2.89. The van der Waals surface area contributed by atoms with Crippen LogP contribution in [-0.4, -0.2) is 31.1 Å². The second-order valence-corrected chi connectivity index (χ2v) is 4.80. The normalized spacial score (nSPS) is 41.5. The van der Waals surface area contributed by atoms with Gasteiger partial charge in [-0.15, -0.1) is 0 Å². The van der Waals surface area contributed by atoms with Crippen molar-refractivity contribution in [1.82, 2.24) is 4.90 Å². The van der Waals surface area contributed by atoms with Crippen LogP contribution in [0.3, 0.4) is 0 Å². The highest BCUT2D eigenvalue weighted by atomic mass is 15.1. The molecule has 2 aliphatic rings. The average molecular weight is 182 g/mol. The van der Waals surface area contributed by atoms with Gasteiger partial charge in [0.2, 0.25) is 0 Å². The van der Waals surface area contributed by atoms with Gasteiger partial charge in [-0.25, -0.2) is 0 Å². The summed E-state index contributed by atoms with van der Waals surface area (Å²) in [5.41, 5.74) is 5.85. The van der Waals surface area contributed by atoms with Gasteiger partial charge >= 0.3 is 0 Å². The molecule has 76 valence electrons. The quantitative estimate of drug-likeness (QED) is 0.665. The number of rotatable bonds is 1. The lowest BCUT2D eigenvalue weighted by atomic mass is 9.72. The van der Waals surface area contributed by atoms with E-state index in [9.17, 15) is 0 Å². The molecule has 0 bridgehead atoms. The number of fused-ring (bicyclic) bond motifs is 1. The molecule has 0 aromatic carbocycles. The van der Waals surface area contributed by atoms with Gasteiger partial charge in [0.1, 0.15) is 0 Å². The molecule has 2 nitrogen and oxygen atoms in total. The Bertz CT molecular complexity index is 161. The summed E-state index contributed by atoms with van der Waals surface area (Å²) in [4.78, 5) is 2.56. The summed E-state index contributed by atoms with van der Waals surface area (Å²) < 4.78 is 0. The van der Waals surface area contributed by atoms with Crippen molar-refractivity contribution in [2.75, 3.05) is 20.1 Å². The van der Waals surface area contributed by atoms with Gasteiger partial charge in [-0.1, -0.05) is 6.42 Å². The summed E-state index contributed by atoms with van der Waals surface area (Å²) >= 11 is 0. The van der Waals surface area contributed by atoms with Crippen LogP contribution in [0, 0.1) is 11.8 Å². The van der Waals surface area contributed by atoms with Crippen LogP contribution in [0.25, 0.3) is 0 Å². The summed E-state index contributed by atoms with van der Waals surface area (Å²) in [5, 5.41) is 0. The number of likely N-dealkylation sites (tertiary alicyclic amines) is 1. The molecule has 3 atom stereocenters. The van der Waals surface area contributed by atoms with Gasteiger partial charge < -0.3 is 10.6 Å². The van der Waals surface area contributed by atoms with Gasteiger partial charge in [-0.2, -0.15) is 0 Å². The molecule has 2 N–H and O–H groups in total. The summed E-state index contributed by atoms with van der Waals surface area (Å²) in [7, 11) is 2.28.